The van der Waals surface area contributed by atoms with Crippen LogP contribution in [-0.4, -0.2) is 71.8 Å². The van der Waals surface area contributed by atoms with Crippen molar-refractivity contribution in [1.82, 2.24) is 0 Å². The summed E-state index contributed by atoms with van der Waals surface area (Å²) in [5, 5.41) is 10.00. The van der Waals surface area contributed by atoms with Crippen LogP contribution in [0.1, 0.15) is 184 Å². The van der Waals surface area contributed by atoms with Crippen molar-refractivity contribution in [3.05, 3.63) is 106 Å². The van der Waals surface area contributed by atoms with Crippen molar-refractivity contribution < 1.29 is 38.0 Å². The number of aliphatic hydroxyl groups is 1. The fourth-order valence-corrected chi connectivity index (χ4v) is 11.3. The first-order chi connectivity index (χ1) is 31.6. The molecule has 2 saturated heterocycles. The van der Waals surface area contributed by atoms with Gasteiger partial charge in [-0.1, -0.05) is 40.2 Å². The number of Topliss-reactive ketones (excluding diaryl/α,β-unsaturated/α-hetero) is 2. The average molecular weight is 1030 g/mol. The molecule has 0 saturated carbocycles. The number of halogens is 1. The molecule has 4 aliphatic rings. The topological polar surface area (TPSA) is 101 Å². The molecule has 0 atom stereocenters. The molecule has 2 aromatic heterocycles. The van der Waals surface area contributed by atoms with E-state index >= 15 is 0 Å². The minimum atomic E-state index is -0.951. The quantitative estimate of drug-likeness (QED) is 0.104. The van der Waals surface area contributed by atoms with Gasteiger partial charge in [0.1, 0.15) is 0 Å². The molecule has 1 radical (unpaired) electrons. The van der Waals surface area contributed by atoms with E-state index in [1.807, 2.05) is 41.5 Å². The number of ketones is 2. The minimum absolute atomic E-state index is 0.277. The highest BCUT2D eigenvalue weighted by Crippen LogP contribution is 2.39. The Morgan fingerprint density at radius 3 is 1.51 bits per heavy atom. The molecule has 2 aliphatic heterocycles. The third kappa shape index (κ3) is 13.4. The van der Waals surface area contributed by atoms with Crippen LogP contribution in [0, 0.1) is 13.8 Å². The Labute approximate surface area is 426 Å². The maximum Gasteiger partial charge on any atom is 0.494 e. The molecule has 0 spiro atoms. The van der Waals surface area contributed by atoms with E-state index in [1.54, 1.807) is 36.5 Å². The molecule has 8 rings (SSSR count). The number of carbonyl (C=O) groups is 2. The third-order valence-electron chi connectivity index (χ3n) is 15.2. The van der Waals surface area contributed by atoms with E-state index in [1.165, 1.54) is 82.6 Å². The Bertz CT molecular complexity index is 2330. The Hall–Kier alpha value is -2.39. The zero-order valence-corrected chi connectivity index (χ0v) is 46.6. The highest BCUT2D eigenvalue weighted by Gasteiger charge is 2.53. The molecule has 8 nitrogen and oxygen atoms in total. The third-order valence-corrected chi connectivity index (χ3v) is 18.3. The fraction of sp³-hybridized carbons (Fsp3) is 0.593. The summed E-state index contributed by atoms with van der Waals surface area (Å²) in [4.78, 5) is 30.0. The highest BCUT2D eigenvalue weighted by molar-refractivity contribution is 9.10. The lowest BCUT2D eigenvalue weighted by Gasteiger charge is -2.37. The maximum atomic E-state index is 12.7. The molecule has 2 fully saturated rings. The van der Waals surface area contributed by atoms with E-state index in [0.717, 1.165) is 51.8 Å². The predicted molar refractivity (Wildman–Crippen MR) is 286 cm³/mol. The first-order valence-electron chi connectivity index (χ1n) is 24.7. The van der Waals surface area contributed by atoms with Crippen LogP contribution in [0.4, 0.5) is 0 Å². The summed E-state index contributed by atoms with van der Waals surface area (Å²) in [6.07, 6.45) is 12.5. The monoisotopic (exact) mass is 1030 g/mol. The van der Waals surface area contributed by atoms with E-state index in [0.29, 0.717) is 18.6 Å². The summed E-state index contributed by atoms with van der Waals surface area (Å²) in [5.74, 6) is 0.579. The van der Waals surface area contributed by atoms with Crippen LogP contribution in [-0.2, 0) is 61.8 Å². The molecule has 14 heteroatoms. The molecule has 1 N–H and O–H groups in total. The molecule has 0 amide bonds. The summed E-state index contributed by atoms with van der Waals surface area (Å²) in [5.41, 5.74) is 5.72. The molecular formula is C54H75B3BrO8S2. The summed E-state index contributed by atoms with van der Waals surface area (Å²) in [6.45, 7) is 27.5. The van der Waals surface area contributed by atoms with Crippen molar-refractivity contribution in [3.8, 4) is 0 Å². The van der Waals surface area contributed by atoms with Crippen molar-refractivity contribution in [3.63, 3.8) is 0 Å². The number of hydrogen-bond donors (Lipinski definition) is 1. The van der Waals surface area contributed by atoms with E-state index in [4.69, 9.17) is 23.3 Å². The first kappa shape index (κ1) is 54.9. The van der Waals surface area contributed by atoms with Crippen LogP contribution in [0.5, 0.6) is 0 Å². The Balaban J connectivity index is 0.000000174. The van der Waals surface area contributed by atoms with Crippen LogP contribution in [0.25, 0.3) is 0 Å². The van der Waals surface area contributed by atoms with E-state index in [9.17, 15) is 14.7 Å². The van der Waals surface area contributed by atoms with Gasteiger partial charge in [-0.05, 0) is 224 Å². The Morgan fingerprint density at radius 1 is 0.662 bits per heavy atom. The fourth-order valence-electron chi connectivity index (χ4n) is 8.38. The number of benzene rings is 2. The number of fused-ring (bicyclic) bond motifs is 2. The molecule has 2 aromatic carbocycles. The second-order valence-electron chi connectivity index (χ2n) is 22.2. The maximum absolute atomic E-state index is 12.7. The standard InChI is InChI=1S/C24H31BO3S.C18H19BrOS.C12H25B2O4/c1-16-14-19(25-27-23(2,3)24(4,5)28-25)12-10-17(16)11-13-20(26)22-15-18-8-6-7-9-21(18)29-22;1-12-10-15(19)8-6-13(12)7-9-16(20)18-11-14-4-2-3-5-17(14)21-18;1-9(2,15)10(3,4)16-13-14-17-11(5,6)12(7,8)18-14/h10,12,14-15H,6-9,11,13H2,1-5H3;6,8,10-11H,2-5,7,9H2,1H3;15H,1-8H3. The lowest BCUT2D eigenvalue weighted by atomic mass is 9.55. The highest BCUT2D eigenvalue weighted by atomic mass is 79.9. The van der Waals surface area contributed by atoms with E-state index in [-0.39, 0.29) is 35.3 Å². The number of hydrogen-bond acceptors (Lipinski definition) is 10. The van der Waals surface area contributed by atoms with Gasteiger partial charge in [0.25, 0.3) is 0 Å². The predicted octanol–water partition coefficient (Wildman–Crippen LogP) is 12.3. The molecule has 4 aromatic rings. The smallest absolute Gasteiger partial charge is 0.435 e. The van der Waals surface area contributed by atoms with Gasteiger partial charge in [0, 0.05) is 27.1 Å². The molecule has 367 valence electrons. The normalized spacial score (nSPS) is 19.0. The van der Waals surface area contributed by atoms with Gasteiger partial charge in [0.15, 0.2) is 11.6 Å². The van der Waals surface area contributed by atoms with Crippen LogP contribution in [0.3, 0.4) is 0 Å². The molecular weight excluding hydrogens is 953 g/mol. The first-order valence-corrected chi connectivity index (χ1v) is 27.1. The zero-order valence-electron chi connectivity index (χ0n) is 43.3. The summed E-state index contributed by atoms with van der Waals surface area (Å²) in [6, 6.07) is 16.9. The molecule has 2 aliphatic carbocycles. The lowest BCUT2D eigenvalue weighted by molar-refractivity contribution is -0.0894. The molecule has 0 bridgehead atoms. The van der Waals surface area contributed by atoms with Crippen LogP contribution >= 0.6 is 38.6 Å². The van der Waals surface area contributed by atoms with Gasteiger partial charge < -0.3 is 28.4 Å². The van der Waals surface area contributed by atoms with Crippen molar-refractivity contribution >= 4 is 77.1 Å². The summed E-state index contributed by atoms with van der Waals surface area (Å²) in [7, 11) is 0.664. The second kappa shape index (κ2) is 21.8. The molecule has 0 unspecified atom stereocenters. The van der Waals surface area contributed by atoms with Gasteiger partial charge in [-0.15, -0.1) is 22.7 Å². The van der Waals surface area contributed by atoms with Gasteiger partial charge >= 0.3 is 21.5 Å². The van der Waals surface area contributed by atoms with Crippen molar-refractivity contribution in [1.29, 1.82) is 0 Å². The summed E-state index contributed by atoms with van der Waals surface area (Å²) >= 11 is 6.93. The summed E-state index contributed by atoms with van der Waals surface area (Å²) < 4.78 is 30.6. The van der Waals surface area contributed by atoms with Gasteiger partial charge in [-0.25, -0.2) is 0 Å². The number of rotatable bonds is 13. The van der Waals surface area contributed by atoms with Crippen LogP contribution in [0.2, 0.25) is 0 Å². The Kier molecular flexibility index (Phi) is 17.6. The lowest BCUT2D eigenvalue weighted by Crippen LogP contribution is -2.50. The SMILES string of the molecule is CC(C)(O)C(C)(C)O[B]B1OC(C)(C)C(C)(C)O1.Cc1cc(B2OC(C)(C)C(C)(C)O2)ccc1CCC(=O)c1cc2c(s1)CCCC2.Cc1cc(Br)ccc1CCC(=O)c1cc2c(s1)CCCC2. The van der Waals surface area contributed by atoms with Gasteiger partial charge in [-0.3, -0.25) is 9.59 Å². The van der Waals surface area contributed by atoms with Crippen molar-refractivity contribution in [2.75, 3.05) is 0 Å². The number of thiophene rings is 2. The van der Waals surface area contributed by atoms with Gasteiger partial charge in [0.2, 0.25) is 0 Å². The largest absolute Gasteiger partial charge is 0.494 e. The number of carbonyl (C=O) groups excluding carboxylic acids is 2. The van der Waals surface area contributed by atoms with E-state index < -0.39 is 18.2 Å². The zero-order chi connectivity index (χ0) is 50.0. The van der Waals surface area contributed by atoms with Gasteiger partial charge in [0.05, 0.1) is 43.4 Å². The van der Waals surface area contributed by atoms with Crippen molar-refractivity contribution in [2.24, 2.45) is 0 Å². The average Bonchev–Trinajstić information content (AvgIpc) is 3.99. The molecule has 4 heterocycles. The van der Waals surface area contributed by atoms with Crippen LogP contribution < -0.4 is 5.46 Å². The Morgan fingerprint density at radius 2 is 1.09 bits per heavy atom. The van der Waals surface area contributed by atoms with Crippen LogP contribution in [0.15, 0.2) is 53.0 Å². The number of aryl methyl sites for hydroxylation is 8. The van der Waals surface area contributed by atoms with E-state index in [2.05, 4.69) is 106 Å². The minimum Gasteiger partial charge on any atom is -0.435 e. The van der Waals surface area contributed by atoms with Gasteiger partial charge in [-0.2, -0.15) is 0 Å². The molecule has 68 heavy (non-hydrogen) atoms. The second-order valence-corrected chi connectivity index (χ2v) is 25.4. The van der Waals surface area contributed by atoms with Crippen molar-refractivity contribution in [2.45, 2.75) is 208 Å².